The number of hydrogen-bond acceptors (Lipinski definition) is 5. The van der Waals surface area contributed by atoms with E-state index in [1.165, 1.54) is 23.5 Å². The number of aryl methyl sites for hydroxylation is 1. The summed E-state index contributed by atoms with van der Waals surface area (Å²) in [5.74, 6) is 0.0199. The van der Waals surface area contributed by atoms with Crippen LogP contribution in [0.1, 0.15) is 28.5 Å². The normalized spacial score (nSPS) is 11.7. The smallest absolute Gasteiger partial charge is 0.238 e. The minimum Gasteiger partial charge on any atom is -0.356 e. The molecule has 0 unspecified atom stereocenters. The molecule has 1 aromatic carbocycles. The SMILES string of the molecule is CC(=O)c1c(C)[nH]c(-c2csc(-c3ccc(S(N)(=O)=O)cc3)n2)c1C. The third-order valence-corrected chi connectivity index (χ3v) is 5.80. The van der Waals surface area contributed by atoms with Gasteiger partial charge in [0.25, 0.3) is 0 Å². The Labute approximate surface area is 149 Å². The van der Waals surface area contributed by atoms with Crippen molar-refractivity contribution in [2.75, 3.05) is 0 Å². The molecule has 0 aliphatic heterocycles. The van der Waals surface area contributed by atoms with Gasteiger partial charge in [0.15, 0.2) is 5.78 Å². The van der Waals surface area contributed by atoms with Crippen LogP contribution in [0.25, 0.3) is 22.0 Å². The van der Waals surface area contributed by atoms with E-state index in [1.54, 1.807) is 19.1 Å². The molecule has 2 heterocycles. The van der Waals surface area contributed by atoms with Crippen LogP contribution in [0.5, 0.6) is 0 Å². The fraction of sp³-hybridized carbons (Fsp3) is 0.176. The summed E-state index contributed by atoms with van der Waals surface area (Å²) in [5.41, 5.74) is 4.78. The molecule has 0 atom stereocenters. The van der Waals surface area contributed by atoms with Gasteiger partial charge in [-0.3, -0.25) is 4.79 Å². The second kappa shape index (κ2) is 6.21. The van der Waals surface area contributed by atoms with E-state index in [9.17, 15) is 13.2 Å². The van der Waals surface area contributed by atoms with Crippen LogP contribution in [0.2, 0.25) is 0 Å². The number of aromatic amines is 1. The lowest BCUT2D eigenvalue weighted by atomic mass is 10.1. The maximum atomic E-state index is 11.8. The van der Waals surface area contributed by atoms with Crippen LogP contribution < -0.4 is 5.14 Å². The Bertz CT molecular complexity index is 1060. The van der Waals surface area contributed by atoms with Gasteiger partial charge in [-0.25, -0.2) is 18.5 Å². The third kappa shape index (κ3) is 3.28. The van der Waals surface area contributed by atoms with Crippen molar-refractivity contribution in [2.24, 2.45) is 5.14 Å². The summed E-state index contributed by atoms with van der Waals surface area (Å²) >= 11 is 1.45. The molecule has 130 valence electrons. The van der Waals surface area contributed by atoms with Gasteiger partial charge in [0.2, 0.25) is 10.0 Å². The van der Waals surface area contributed by atoms with Crippen LogP contribution in [-0.4, -0.2) is 24.2 Å². The van der Waals surface area contributed by atoms with E-state index < -0.39 is 10.0 Å². The van der Waals surface area contributed by atoms with E-state index in [0.717, 1.165) is 33.2 Å². The molecule has 2 aromatic heterocycles. The summed E-state index contributed by atoms with van der Waals surface area (Å²) in [7, 11) is -3.71. The van der Waals surface area contributed by atoms with Crippen molar-refractivity contribution in [3.05, 3.63) is 46.5 Å². The summed E-state index contributed by atoms with van der Waals surface area (Å²) < 4.78 is 22.7. The number of thiazole rings is 1. The van der Waals surface area contributed by atoms with E-state index in [0.29, 0.717) is 5.56 Å². The molecule has 0 spiro atoms. The molecule has 0 aliphatic carbocycles. The van der Waals surface area contributed by atoms with Gasteiger partial charge in [0.1, 0.15) is 5.01 Å². The van der Waals surface area contributed by atoms with Crippen molar-refractivity contribution in [1.82, 2.24) is 9.97 Å². The Morgan fingerprint density at radius 1 is 1.20 bits per heavy atom. The summed E-state index contributed by atoms with van der Waals surface area (Å²) in [6.45, 7) is 5.31. The predicted molar refractivity (Wildman–Crippen MR) is 98.2 cm³/mol. The van der Waals surface area contributed by atoms with Crippen LogP contribution in [0, 0.1) is 13.8 Å². The Morgan fingerprint density at radius 3 is 2.36 bits per heavy atom. The number of benzene rings is 1. The van der Waals surface area contributed by atoms with Crippen LogP contribution in [-0.2, 0) is 10.0 Å². The molecule has 0 amide bonds. The molecule has 6 nitrogen and oxygen atoms in total. The maximum absolute atomic E-state index is 11.8. The predicted octanol–water partition coefficient (Wildman–Crippen LogP) is 3.27. The molecule has 0 saturated heterocycles. The monoisotopic (exact) mass is 375 g/mol. The Kier molecular flexibility index (Phi) is 4.36. The fourth-order valence-corrected chi connectivity index (χ4v) is 4.18. The van der Waals surface area contributed by atoms with Crippen LogP contribution in [0.4, 0.5) is 0 Å². The number of rotatable bonds is 4. The highest BCUT2D eigenvalue weighted by atomic mass is 32.2. The molecular weight excluding hydrogens is 358 g/mol. The van der Waals surface area contributed by atoms with Gasteiger partial charge in [0, 0.05) is 22.2 Å². The molecule has 0 bridgehead atoms. The van der Waals surface area contributed by atoms with Gasteiger partial charge in [0.05, 0.1) is 16.3 Å². The van der Waals surface area contributed by atoms with Gasteiger partial charge in [-0.1, -0.05) is 12.1 Å². The van der Waals surface area contributed by atoms with Crippen molar-refractivity contribution in [3.63, 3.8) is 0 Å². The number of carbonyl (C=O) groups excluding carboxylic acids is 1. The topological polar surface area (TPSA) is 106 Å². The van der Waals surface area contributed by atoms with Crippen molar-refractivity contribution in [2.45, 2.75) is 25.7 Å². The average molecular weight is 375 g/mol. The molecule has 3 N–H and O–H groups in total. The number of H-pyrrole nitrogens is 1. The van der Waals surface area contributed by atoms with Gasteiger partial charge >= 0.3 is 0 Å². The lowest BCUT2D eigenvalue weighted by Gasteiger charge is -2.00. The van der Waals surface area contributed by atoms with Crippen LogP contribution in [0.15, 0.2) is 34.5 Å². The van der Waals surface area contributed by atoms with E-state index in [4.69, 9.17) is 5.14 Å². The number of nitrogens with zero attached hydrogens (tertiary/aromatic N) is 1. The number of aromatic nitrogens is 2. The van der Waals surface area contributed by atoms with E-state index in [2.05, 4.69) is 9.97 Å². The lowest BCUT2D eigenvalue weighted by molar-refractivity contribution is 0.101. The number of ketones is 1. The molecule has 0 saturated carbocycles. The molecule has 8 heteroatoms. The Balaban J connectivity index is 1.99. The van der Waals surface area contributed by atoms with E-state index >= 15 is 0 Å². The number of carbonyl (C=O) groups is 1. The summed E-state index contributed by atoms with van der Waals surface area (Å²) in [6.07, 6.45) is 0. The lowest BCUT2D eigenvalue weighted by Crippen LogP contribution is -2.11. The van der Waals surface area contributed by atoms with Crippen molar-refractivity contribution in [1.29, 1.82) is 0 Å². The fourth-order valence-electron chi connectivity index (χ4n) is 2.84. The minimum absolute atomic E-state index is 0.0199. The highest BCUT2D eigenvalue weighted by Gasteiger charge is 2.18. The zero-order valence-corrected chi connectivity index (χ0v) is 15.6. The largest absolute Gasteiger partial charge is 0.356 e. The number of hydrogen-bond donors (Lipinski definition) is 2. The second-order valence-electron chi connectivity index (χ2n) is 5.79. The maximum Gasteiger partial charge on any atom is 0.238 e. The van der Waals surface area contributed by atoms with Gasteiger partial charge in [-0.05, 0) is 38.5 Å². The molecule has 0 aliphatic rings. The first-order valence-electron chi connectivity index (χ1n) is 7.47. The molecule has 0 radical (unpaired) electrons. The minimum atomic E-state index is -3.71. The number of primary sulfonamides is 1. The standard InChI is InChI=1S/C17H17N3O3S2/c1-9-15(11(3)21)10(2)19-16(9)14-8-24-17(20-14)12-4-6-13(7-5-12)25(18,22)23/h4-8,19H,1-3H3,(H2,18,22,23). The van der Waals surface area contributed by atoms with Gasteiger partial charge in [-0.15, -0.1) is 11.3 Å². The van der Waals surface area contributed by atoms with Gasteiger partial charge in [-0.2, -0.15) is 0 Å². The number of sulfonamides is 1. The average Bonchev–Trinajstić information content (AvgIpc) is 3.11. The second-order valence-corrected chi connectivity index (χ2v) is 8.21. The van der Waals surface area contributed by atoms with Gasteiger partial charge < -0.3 is 4.98 Å². The molecule has 3 aromatic rings. The van der Waals surface area contributed by atoms with Crippen molar-refractivity contribution < 1.29 is 13.2 Å². The summed E-state index contributed by atoms with van der Waals surface area (Å²) in [5, 5.41) is 7.78. The zero-order valence-electron chi connectivity index (χ0n) is 14.0. The number of nitrogens with one attached hydrogen (secondary N) is 1. The molecule has 25 heavy (non-hydrogen) atoms. The first-order valence-corrected chi connectivity index (χ1v) is 9.90. The molecule has 3 rings (SSSR count). The number of nitrogens with two attached hydrogens (primary N) is 1. The number of Topliss-reactive ketones (excluding diaryl/α,β-unsaturated/α-hetero) is 1. The highest BCUT2D eigenvalue weighted by molar-refractivity contribution is 7.89. The Hall–Kier alpha value is -2.29. The quantitative estimate of drug-likeness (QED) is 0.683. The van der Waals surface area contributed by atoms with Crippen LogP contribution >= 0.6 is 11.3 Å². The first kappa shape index (κ1) is 17.5. The van der Waals surface area contributed by atoms with Crippen LogP contribution in [0.3, 0.4) is 0 Å². The third-order valence-electron chi connectivity index (χ3n) is 3.98. The summed E-state index contributed by atoms with van der Waals surface area (Å²) in [6, 6.07) is 6.28. The van der Waals surface area contributed by atoms with E-state index in [1.807, 2.05) is 19.2 Å². The zero-order chi connectivity index (χ0) is 18.4. The van der Waals surface area contributed by atoms with E-state index in [-0.39, 0.29) is 10.7 Å². The summed E-state index contributed by atoms with van der Waals surface area (Å²) in [4.78, 5) is 19.7. The highest BCUT2D eigenvalue weighted by Crippen LogP contribution is 2.32. The van der Waals surface area contributed by atoms with Crippen molar-refractivity contribution >= 4 is 27.1 Å². The molecule has 0 fully saturated rings. The Morgan fingerprint density at radius 2 is 1.84 bits per heavy atom. The molecular formula is C17H17N3O3S2. The first-order chi connectivity index (χ1) is 11.7. The van der Waals surface area contributed by atoms with Crippen molar-refractivity contribution in [3.8, 4) is 22.0 Å².